The van der Waals surface area contributed by atoms with Gasteiger partial charge in [0.2, 0.25) is 0 Å². The molecule has 0 radical (unpaired) electrons. The fourth-order valence-electron chi connectivity index (χ4n) is 1.27. The van der Waals surface area contributed by atoms with Gasteiger partial charge in [-0.05, 0) is 26.7 Å². The molecular weight excluding hydrogens is 352 g/mol. The van der Waals surface area contributed by atoms with Gasteiger partial charge in [-0.1, -0.05) is 13.8 Å². The molecule has 0 spiro atoms. The molecule has 0 aliphatic carbocycles. The first kappa shape index (κ1) is 43.1. The molecule has 10 nitrogen and oxygen atoms in total. The monoisotopic (exact) mass is 380 g/mol. The van der Waals surface area contributed by atoms with Crippen LogP contribution in [0.1, 0.15) is 40.5 Å². The molecule has 0 aliphatic rings. The number of aliphatic carboxylic acids is 2. The van der Waals surface area contributed by atoms with Crippen LogP contribution in [0.15, 0.2) is 0 Å². The molecule has 23 heavy (non-hydrogen) atoms. The Morgan fingerprint density at radius 1 is 0.696 bits per heavy atom. The van der Waals surface area contributed by atoms with Crippen LogP contribution in [0.4, 0.5) is 0 Å². The second-order valence-electron chi connectivity index (χ2n) is 3.82. The first-order chi connectivity index (χ1) is 8.18. The predicted octanol–water partition coefficient (Wildman–Crippen LogP) is -1.93. The van der Waals surface area contributed by atoms with Crippen LogP contribution in [0.3, 0.4) is 0 Å². The van der Waals surface area contributed by atoms with Crippen LogP contribution in [0.25, 0.3) is 0 Å². The third-order valence-corrected chi connectivity index (χ3v) is 2.39. The van der Waals surface area contributed by atoms with Crippen LogP contribution < -0.4 is 0 Å². The van der Waals surface area contributed by atoms with Gasteiger partial charge in [0.25, 0.3) is 0 Å². The molecule has 0 aromatic rings. The van der Waals surface area contributed by atoms with Gasteiger partial charge in [0.1, 0.15) is 23.4 Å². The number of carboxylic acid groups (broad SMARTS) is 2. The molecule has 140 valence electrons. The second-order valence-corrected chi connectivity index (χ2v) is 3.82. The smallest absolute Gasteiger partial charge is 0.314 e. The summed E-state index contributed by atoms with van der Waals surface area (Å²) in [6, 6.07) is 0. The Morgan fingerprint density at radius 3 is 0.870 bits per heavy atom. The van der Waals surface area contributed by atoms with Gasteiger partial charge in [-0.25, -0.2) is 0 Å². The van der Waals surface area contributed by atoms with E-state index in [-0.39, 0.29) is 55.2 Å². The summed E-state index contributed by atoms with van der Waals surface area (Å²) in [6.45, 7) is 5.95. The maximum absolute atomic E-state index is 10.4. The summed E-state index contributed by atoms with van der Waals surface area (Å²) in [5, 5.41) is 16.6. The van der Waals surface area contributed by atoms with Crippen LogP contribution in [-0.2, 0) is 40.9 Å². The van der Waals surface area contributed by atoms with Crippen molar-refractivity contribution < 1.29 is 73.0 Å². The summed E-state index contributed by atoms with van der Waals surface area (Å²) in [5.74, 6) is -4.19. The number of rotatable bonds is 6. The van der Waals surface area contributed by atoms with Crippen LogP contribution in [0.2, 0.25) is 0 Å². The van der Waals surface area contributed by atoms with Crippen LogP contribution in [0, 0.1) is 11.8 Å². The van der Waals surface area contributed by atoms with Crippen molar-refractivity contribution in [3.63, 3.8) is 0 Å². The molecule has 0 aliphatic heterocycles. The molecule has 0 bridgehead atoms. The molecule has 0 rings (SSSR count). The Labute approximate surface area is 149 Å². The molecule has 0 aromatic heterocycles. The van der Waals surface area contributed by atoms with E-state index in [0.29, 0.717) is 12.8 Å². The average Bonchev–Trinajstić information content (AvgIpc) is 2.17. The quantitative estimate of drug-likeness (QED) is 0.392. The Bertz CT molecular complexity index is 272. The number of carbonyl (C=O) groups is 4. The van der Waals surface area contributed by atoms with Crippen molar-refractivity contribution in [2.45, 2.75) is 40.5 Å². The molecule has 0 fully saturated rings. The average molecular weight is 380 g/mol. The topological polar surface area (TPSA) is 235 Å². The summed E-state index contributed by atoms with van der Waals surface area (Å²) in [5.41, 5.74) is 0. The summed E-state index contributed by atoms with van der Waals surface area (Å²) < 4.78 is 0. The van der Waals surface area contributed by atoms with E-state index in [0.717, 1.165) is 0 Å². The summed E-state index contributed by atoms with van der Waals surface area (Å²) >= 11 is 0. The summed E-state index contributed by atoms with van der Waals surface area (Å²) in [6.07, 6.45) is 0.759. The zero-order valence-corrected chi connectivity index (χ0v) is 15.2. The fourth-order valence-corrected chi connectivity index (χ4v) is 1.27. The van der Waals surface area contributed by atoms with Crippen molar-refractivity contribution in [1.29, 1.82) is 0 Å². The molecule has 0 saturated carbocycles. The Balaban J connectivity index is -0.0000000366. The van der Waals surface area contributed by atoms with E-state index in [9.17, 15) is 19.2 Å². The van der Waals surface area contributed by atoms with Gasteiger partial charge in [0.05, 0.1) is 0 Å². The number of hydrogen-bond donors (Lipinski definition) is 2. The first-order valence-corrected chi connectivity index (χ1v) is 5.65. The van der Waals surface area contributed by atoms with Crippen LogP contribution in [0.5, 0.6) is 0 Å². The maximum Gasteiger partial charge on any atom is 0.314 e. The third-order valence-electron chi connectivity index (χ3n) is 2.39. The van der Waals surface area contributed by atoms with Crippen LogP contribution in [-0.4, -0.2) is 55.6 Å². The van der Waals surface area contributed by atoms with Crippen molar-refractivity contribution in [2.75, 3.05) is 0 Å². The van der Waals surface area contributed by atoms with Gasteiger partial charge in [-0.3, -0.25) is 19.2 Å². The van der Waals surface area contributed by atoms with Gasteiger partial charge < -0.3 is 32.1 Å². The predicted molar refractivity (Wildman–Crippen MR) is 78.7 cm³/mol. The molecule has 0 amide bonds. The van der Waals surface area contributed by atoms with Gasteiger partial charge in [-0.15, -0.1) is 0 Å². The Hall–Kier alpha value is -1.17. The van der Waals surface area contributed by atoms with E-state index in [1.165, 1.54) is 13.8 Å². The van der Waals surface area contributed by atoms with Crippen LogP contribution >= 0.6 is 0 Å². The van der Waals surface area contributed by atoms with E-state index < -0.39 is 23.8 Å². The van der Waals surface area contributed by atoms with Gasteiger partial charge in [0.15, 0.2) is 0 Å². The SMILES string of the molecule is CCC(C(C)=O)C(=O)O.CCC(C(C)=O)C(=O)O.O.O.O.O.[Ti]. The number of ketones is 2. The van der Waals surface area contributed by atoms with E-state index in [4.69, 9.17) is 10.2 Å². The van der Waals surface area contributed by atoms with Gasteiger partial charge in [0, 0.05) is 21.7 Å². The normalized spacial score (nSPS) is 9.91. The van der Waals surface area contributed by atoms with E-state index in [1.54, 1.807) is 13.8 Å². The molecule has 11 heteroatoms. The number of carboxylic acids is 2. The minimum Gasteiger partial charge on any atom is -0.481 e. The Morgan fingerprint density at radius 2 is 0.870 bits per heavy atom. The largest absolute Gasteiger partial charge is 0.481 e. The number of carbonyl (C=O) groups excluding carboxylic acids is 2. The Kier molecular flexibility index (Phi) is 43.3. The molecule has 0 aromatic carbocycles. The van der Waals surface area contributed by atoms with E-state index in [1.807, 2.05) is 0 Å². The maximum atomic E-state index is 10.4. The van der Waals surface area contributed by atoms with Gasteiger partial charge >= 0.3 is 11.9 Å². The van der Waals surface area contributed by atoms with Gasteiger partial charge in [-0.2, -0.15) is 0 Å². The molecule has 0 saturated heterocycles. The standard InChI is InChI=1S/2C6H10O3.4H2O.Ti/c2*1-3-5(4(2)7)6(8)9;;;;;/h2*5H,3H2,1-2H3,(H,8,9);4*1H2;. The van der Waals surface area contributed by atoms with Crippen molar-refractivity contribution in [2.24, 2.45) is 11.8 Å². The summed E-state index contributed by atoms with van der Waals surface area (Å²) in [4.78, 5) is 41.2. The van der Waals surface area contributed by atoms with Crippen molar-refractivity contribution in [3.05, 3.63) is 0 Å². The fraction of sp³-hybridized carbons (Fsp3) is 0.667. The number of Topliss-reactive ketones (excluding diaryl/α,β-unsaturated/α-hetero) is 2. The molecule has 2 unspecified atom stereocenters. The zero-order chi connectivity index (χ0) is 14.9. The van der Waals surface area contributed by atoms with Crippen molar-refractivity contribution in [1.82, 2.24) is 0 Å². The molecule has 2 atom stereocenters. The first-order valence-electron chi connectivity index (χ1n) is 5.65. The molecule has 10 N–H and O–H groups in total. The van der Waals surface area contributed by atoms with E-state index >= 15 is 0 Å². The van der Waals surface area contributed by atoms with Crippen molar-refractivity contribution in [3.8, 4) is 0 Å². The zero-order valence-electron chi connectivity index (χ0n) is 13.6. The second kappa shape index (κ2) is 23.1. The summed E-state index contributed by atoms with van der Waals surface area (Å²) in [7, 11) is 0. The van der Waals surface area contributed by atoms with E-state index in [2.05, 4.69) is 0 Å². The third kappa shape index (κ3) is 20.8. The van der Waals surface area contributed by atoms with Crippen molar-refractivity contribution >= 4 is 23.5 Å². The molecular formula is C12H28O10Ti. The number of hydrogen-bond acceptors (Lipinski definition) is 4. The minimum atomic E-state index is -1.02. The minimum absolute atomic E-state index is 0. The molecule has 0 heterocycles.